The highest BCUT2D eigenvalue weighted by molar-refractivity contribution is 7.11. The van der Waals surface area contributed by atoms with E-state index in [-0.39, 0.29) is 24.1 Å². The predicted molar refractivity (Wildman–Crippen MR) is 108 cm³/mol. The average Bonchev–Trinajstić information content (AvgIpc) is 3.14. The Morgan fingerprint density at radius 2 is 2.04 bits per heavy atom. The number of nitrogens with two attached hydrogens (primary N) is 2. The Hall–Kier alpha value is -2.16. The minimum absolute atomic E-state index is 0.0125. The Balaban J connectivity index is 2.02. The summed E-state index contributed by atoms with van der Waals surface area (Å²) >= 11 is 13.1. The highest BCUT2D eigenvalue weighted by Gasteiger charge is 2.23. The Kier molecular flexibility index (Phi) is 8.02. The summed E-state index contributed by atoms with van der Waals surface area (Å²) in [5.74, 6) is -0.552. The van der Waals surface area contributed by atoms with Crippen molar-refractivity contribution in [3.05, 3.63) is 50.4 Å². The molecule has 0 saturated heterocycles. The van der Waals surface area contributed by atoms with Crippen molar-refractivity contribution >= 4 is 52.2 Å². The summed E-state index contributed by atoms with van der Waals surface area (Å²) in [5, 5.41) is 5.60. The minimum atomic E-state index is -0.708. The van der Waals surface area contributed by atoms with Gasteiger partial charge in [-0.2, -0.15) is 0 Å². The van der Waals surface area contributed by atoms with Crippen molar-refractivity contribution in [3.8, 4) is 0 Å². The number of ketones is 1. The monoisotopic (exact) mass is 427 g/mol. The van der Waals surface area contributed by atoms with Crippen molar-refractivity contribution in [2.24, 2.45) is 16.5 Å². The fraction of sp³-hybridized carbons (Fsp3) is 0.294. The molecule has 27 heavy (non-hydrogen) atoms. The number of carbonyl (C=O) groups excluding carboxylic acids is 2. The molecule has 0 aliphatic rings. The molecule has 0 aliphatic carbocycles. The van der Waals surface area contributed by atoms with Crippen molar-refractivity contribution in [1.82, 2.24) is 10.3 Å². The molecule has 0 aliphatic heterocycles. The van der Waals surface area contributed by atoms with Crippen molar-refractivity contribution in [1.29, 1.82) is 0 Å². The van der Waals surface area contributed by atoms with Crippen LogP contribution in [0.1, 0.15) is 28.2 Å². The summed E-state index contributed by atoms with van der Waals surface area (Å²) in [6.45, 7) is 0.368. The maximum atomic E-state index is 12.6. The lowest BCUT2D eigenvalue weighted by Gasteiger charge is -2.16. The first-order valence-corrected chi connectivity index (χ1v) is 9.72. The van der Waals surface area contributed by atoms with Gasteiger partial charge < -0.3 is 16.8 Å². The molecule has 0 unspecified atom stereocenters. The van der Waals surface area contributed by atoms with Crippen LogP contribution in [0.25, 0.3) is 0 Å². The van der Waals surface area contributed by atoms with Gasteiger partial charge in [-0.15, -0.1) is 11.3 Å². The van der Waals surface area contributed by atoms with E-state index in [1.807, 2.05) is 0 Å². The van der Waals surface area contributed by atoms with Crippen molar-refractivity contribution in [2.75, 3.05) is 6.54 Å². The van der Waals surface area contributed by atoms with Gasteiger partial charge in [0.25, 0.3) is 0 Å². The van der Waals surface area contributed by atoms with E-state index < -0.39 is 6.04 Å². The van der Waals surface area contributed by atoms with E-state index in [9.17, 15) is 9.59 Å². The summed E-state index contributed by atoms with van der Waals surface area (Å²) in [6.07, 6.45) is 2.55. The Labute approximate surface area is 170 Å². The third-order valence-electron chi connectivity index (χ3n) is 3.59. The van der Waals surface area contributed by atoms with Gasteiger partial charge in [0.1, 0.15) is 0 Å². The molecule has 7 nitrogen and oxygen atoms in total. The number of Topliss-reactive ketones (excluding diaryl/α,β-unsaturated/α-hetero) is 1. The second kappa shape index (κ2) is 10.2. The topological polar surface area (TPSA) is 123 Å². The summed E-state index contributed by atoms with van der Waals surface area (Å²) in [7, 11) is 0. The Bertz CT molecular complexity index is 823. The van der Waals surface area contributed by atoms with Gasteiger partial charge in [-0.25, -0.2) is 4.98 Å². The number of benzene rings is 1. The largest absolute Gasteiger partial charge is 0.370 e. The quantitative estimate of drug-likeness (QED) is 0.245. The number of carbonyl (C=O) groups is 2. The number of nitrogens with zero attached hydrogens (tertiary/aromatic N) is 2. The third-order valence-corrected chi connectivity index (χ3v) is 5.12. The van der Waals surface area contributed by atoms with Crippen LogP contribution < -0.4 is 16.8 Å². The number of amides is 1. The lowest BCUT2D eigenvalue weighted by atomic mass is 10.1. The molecule has 1 aromatic heterocycles. The van der Waals surface area contributed by atoms with Crippen molar-refractivity contribution in [2.45, 2.75) is 25.3 Å². The molecule has 2 rings (SSSR count). The predicted octanol–water partition coefficient (Wildman–Crippen LogP) is 2.41. The van der Waals surface area contributed by atoms with Gasteiger partial charge in [0.05, 0.1) is 22.5 Å². The lowest BCUT2D eigenvalue weighted by molar-refractivity contribution is -0.120. The summed E-state index contributed by atoms with van der Waals surface area (Å²) in [4.78, 5) is 33.0. The molecule has 0 spiro atoms. The van der Waals surface area contributed by atoms with Crippen LogP contribution in [0.15, 0.2) is 34.8 Å². The van der Waals surface area contributed by atoms with E-state index in [0.29, 0.717) is 40.0 Å². The van der Waals surface area contributed by atoms with Crippen LogP contribution in [0.3, 0.4) is 0 Å². The highest BCUT2D eigenvalue weighted by atomic mass is 35.5. The third kappa shape index (κ3) is 6.82. The van der Waals surface area contributed by atoms with Gasteiger partial charge in [-0.3, -0.25) is 14.6 Å². The number of guanidine groups is 1. The molecule has 144 valence electrons. The normalized spacial score (nSPS) is 11.6. The van der Waals surface area contributed by atoms with Gasteiger partial charge in [0.15, 0.2) is 11.0 Å². The van der Waals surface area contributed by atoms with E-state index in [1.54, 1.807) is 29.8 Å². The zero-order valence-electron chi connectivity index (χ0n) is 14.3. The number of aliphatic imine (C=N–C) groups is 1. The van der Waals surface area contributed by atoms with Gasteiger partial charge >= 0.3 is 0 Å². The number of hydrogen-bond donors (Lipinski definition) is 3. The van der Waals surface area contributed by atoms with Crippen LogP contribution in [-0.2, 0) is 11.2 Å². The molecule has 1 aromatic carbocycles. The second-order valence-corrected chi connectivity index (χ2v) is 7.40. The van der Waals surface area contributed by atoms with E-state index in [1.165, 1.54) is 11.3 Å². The number of rotatable bonds is 9. The number of aromatic nitrogens is 1. The molecular formula is C17H19Cl2N5O2S. The zero-order chi connectivity index (χ0) is 19.8. The van der Waals surface area contributed by atoms with E-state index >= 15 is 0 Å². The fourth-order valence-corrected chi connectivity index (χ4v) is 3.30. The summed E-state index contributed by atoms with van der Waals surface area (Å²) in [6, 6.07) is 4.25. The number of halogens is 2. The molecule has 0 bridgehead atoms. The molecule has 1 heterocycles. The van der Waals surface area contributed by atoms with Crippen LogP contribution in [0.5, 0.6) is 0 Å². The molecule has 0 fully saturated rings. The van der Waals surface area contributed by atoms with Crippen molar-refractivity contribution < 1.29 is 9.59 Å². The van der Waals surface area contributed by atoms with Crippen LogP contribution >= 0.6 is 34.5 Å². The molecule has 5 N–H and O–H groups in total. The fourth-order valence-electron chi connectivity index (χ4n) is 2.35. The second-order valence-electron chi connectivity index (χ2n) is 5.70. The first kappa shape index (κ1) is 21.1. The molecule has 2 aromatic rings. The standard InChI is InChI=1S/C17H19Cl2N5O2S/c18-11-4-3-10(8-12(11)19)9-14(25)24-13(2-1-5-23-17(20)21)15(26)16-22-6-7-27-16/h3-4,6-8,13H,1-2,5,9H2,(H,24,25)(H4,20,21,23)/t13-/m0/s1. The van der Waals surface area contributed by atoms with Crippen molar-refractivity contribution in [3.63, 3.8) is 0 Å². The smallest absolute Gasteiger partial charge is 0.225 e. The summed E-state index contributed by atoms with van der Waals surface area (Å²) < 4.78 is 0. The highest BCUT2D eigenvalue weighted by Crippen LogP contribution is 2.22. The van der Waals surface area contributed by atoms with Gasteiger partial charge in [0.2, 0.25) is 11.7 Å². The number of thiazole rings is 1. The zero-order valence-corrected chi connectivity index (χ0v) is 16.7. The average molecular weight is 428 g/mol. The van der Waals surface area contributed by atoms with E-state index in [2.05, 4.69) is 15.3 Å². The first-order valence-electron chi connectivity index (χ1n) is 8.09. The van der Waals surface area contributed by atoms with Crippen LogP contribution in [0.2, 0.25) is 10.0 Å². The maximum Gasteiger partial charge on any atom is 0.225 e. The van der Waals surface area contributed by atoms with Crippen LogP contribution in [-0.4, -0.2) is 35.2 Å². The maximum absolute atomic E-state index is 12.6. The van der Waals surface area contributed by atoms with Gasteiger partial charge in [-0.05, 0) is 30.5 Å². The first-order chi connectivity index (χ1) is 12.9. The molecule has 0 radical (unpaired) electrons. The van der Waals surface area contributed by atoms with Gasteiger partial charge in [-0.1, -0.05) is 29.3 Å². The molecule has 1 atom stereocenters. The van der Waals surface area contributed by atoms with E-state index in [0.717, 1.165) is 0 Å². The van der Waals surface area contributed by atoms with Crippen LogP contribution in [0.4, 0.5) is 0 Å². The Morgan fingerprint density at radius 3 is 2.67 bits per heavy atom. The number of hydrogen-bond acceptors (Lipinski definition) is 5. The molecular weight excluding hydrogens is 409 g/mol. The van der Waals surface area contributed by atoms with Crippen LogP contribution in [0, 0.1) is 0 Å². The molecule has 0 saturated carbocycles. The Morgan fingerprint density at radius 1 is 1.26 bits per heavy atom. The van der Waals surface area contributed by atoms with E-state index in [4.69, 9.17) is 34.7 Å². The van der Waals surface area contributed by atoms with Gasteiger partial charge in [0, 0.05) is 18.1 Å². The molecule has 10 heteroatoms. The SMILES string of the molecule is NC(N)=NCCC[C@H](NC(=O)Cc1ccc(Cl)c(Cl)c1)C(=O)c1nccs1. The minimum Gasteiger partial charge on any atom is -0.370 e. The molecule has 1 amide bonds. The number of nitrogens with one attached hydrogen (secondary N) is 1. The summed E-state index contributed by atoms with van der Waals surface area (Å²) in [5.41, 5.74) is 11.3. The lowest BCUT2D eigenvalue weighted by Crippen LogP contribution is -2.41.